The molecule has 0 spiro atoms. The highest BCUT2D eigenvalue weighted by Crippen LogP contribution is 2.36. The van der Waals surface area contributed by atoms with Gasteiger partial charge >= 0.3 is 0 Å². The molecule has 0 aliphatic rings. The molecule has 0 aliphatic heterocycles. The SMILES string of the molecule is C#Cc1ccccc1C#CCCO[Si](C)(C)C(C)(C)C. The van der Waals surface area contributed by atoms with Crippen LogP contribution in [0.3, 0.4) is 0 Å². The summed E-state index contributed by atoms with van der Waals surface area (Å²) >= 11 is 0. The van der Waals surface area contributed by atoms with Crippen molar-refractivity contribution in [3.05, 3.63) is 35.4 Å². The Morgan fingerprint density at radius 2 is 1.75 bits per heavy atom. The Balaban J connectivity index is 2.55. The number of hydrogen-bond acceptors (Lipinski definition) is 1. The van der Waals surface area contributed by atoms with Crippen LogP contribution in [0.2, 0.25) is 18.1 Å². The maximum absolute atomic E-state index is 6.08. The first kappa shape index (κ1) is 16.6. The van der Waals surface area contributed by atoms with Gasteiger partial charge in [0, 0.05) is 24.2 Å². The van der Waals surface area contributed by atoms with Gasteiger partial charge in [0.15, 0.2) is 8.32 Å². The zero-order valence-corrected chi connectivity index (χ0v) is 14.2. The molecule has 0 unspecified atom stereocenters. The Bertz CT molecular complexity index is 547. The van der Waals surface area contributed by atoms with Gasteiger partial charge in [0.2, 0.25) is 0 Å². The predicted octanol–water partition coefficient (Wildman–Crippen LogP) is 4.43. The van der Waals surface area contributed by atoms with Crippen molar-refractivity contribution in [1.29, 1.82) is 0 Å². The van der Waals surface area contributed by atoms with Gasteiger partial charge in [0.25, 0.3) is 0 Å². The summed E-state index contributed by atoms with van der Waals surface area (Å²) in [5, 5.41) is 0.247. The first-order valence-electron chi connectivity index (χ1n) is 6.96. The molecule has 0 amide bonds. The largest absolute Gasteiger partial charge is 0.416 e. The summed E-state index contributed by atoms with van der Waals surface area (Å²) in [4.78, 5) is 0. The van der Waals surface area contributed by atoms with Crippen molar-refractivity contribution in [1.82, 2.24) is 0 Å². The zero-order chi connectivity index (χ0) is 15.2. The van der Waals surface area contributed by atoms with E-state index in [2.05, 4.69) is 51.6 Å². The fourth-order valence-electron chi connectivity index (χ4n) is 1.45. The lowest BCUT2D eigenvalue weighted by molar-refractivity contribution is 0.296. The van der Waals surface area contributed by atoms with E-state index in [1.54, 1.807) is 0 Å². The van der Waals surface area contributed by atoms with E-state index < -0.39 is 8.32 Å². The van der Waals surface area contributed by atoms with Gasteiger partial charge in [-0.15, -0.1) is 6.42 Å². The van der Waals surface area contributed by atoms with E-state index in [0.29, 0.717) is 6.61 Å². The van der Waals surface area contributed by atoms with E-state index in [4.69, 9.17) is 10.8 Å². The van der Waals surface area contributed by atoms with E-state index in [-0.39, 0.29) is 5.04 Å². The van der Waals surface area contributed by atoms with Crippen LogP contribution in [-0.2, 0) is 4.43 Å². The molecule has 0 radical (unpaired) electrons. The summed E-state index contributed by atoms with van der Waals surface area (Å²) in [5.74, 6) is 8.94. The van der Waals surface area contributed by atoms with Crippen LogP contribution >= 0.6 is 0 Å². The fourth-order valence-corrected chi connectivity index (χ4v) is 2.49. The van der Waals surface area contributed by atoms with Gasteiger partial charge in [-0.25, -0.2) is 0 Å². The van der Waals surface area contributed by atoms with Crippen molar-refractivity contribution >= 4 is 8.32 Å². The summed E-state index contributed by atoms with van der Waals surface area (Å²) in [7, 11) is -1.65. The van der Waals surface area contributed by atoms with Crippen LogP contribution in [0.25, 0.3) is 0 Å². The lowest BCUT2D eigenvalue weighted by Crippen LogP contribution is -2.40. The van der Waals surface area contributed by atoms with Crippen LogP contribution in [0.15, 0.2) is 24.3 Å². The highest BCUT2D eigenvalue weighted by molar-refractivity contribution is 6.74. The summed E-state index contributed by atoms with van der Waals surface area (Å²) in [6, 6.07) is 7.75. The summed E-state index contributed by atoms with van der Waals surface area (Å²) in [6.07, 6.45) is 6.19. The normalized spacial score (nSPS) is 11.4. The monoisotopic (exact) mass is 284 g/mol. The third kappa shape index (κ3) is 4.56. The maximum Gasteiger partial charge on any atom is 0.192 e. The number of hydrogen-bond donors (Lipinski definition) is 0. The second kappa shape index (κ2) is 6.80. The first-order valence-corrected chi connectivity index (χ1v) is 9.87. The number of terminal acetylenes is 1. The third-order valence-corrected chi connectivity index (χ3v) is 8.34. The lowest BCUT2D eigenvalue weighted by Gasteiger charge is -2.35. The topological polar surface area (TPSA) is 9.23 Å². The van der Waals surface area contributed by atoms with E-state index in [1.807, 2.05) is 24.3 Å². The minimum absolute atomic E-state index is 0.247. The van der Waals surface area contributed by atoms with Gasteiger partial charge in [-0.2, -0.15) is 0 Å². The van der Waals surface area contributed by atoms with Gasteiger partial charge < -0.3 is 4.43 Å². The number of rotatable bonds is 3. The minimum Gasteiger partial charge on any atom is -0.416 e. The molecule has 1 aromatic carbocycles. The smallest absolute Gasteiger partial charge is 0.192 e. The van der Waals surface area contributed by atoms with Gasteiger partial charge in [-0.1, -0.05) is 50.7 Å². The molecule has 0 aromatic heterocycles. The standard InChI is InChI=1S/C18H24OSi/c1-7-16-12-8-9-13-17(16)14-10-11-15-19-20(5,6)18(2,3)4/h1,8-9,12-13H,11,15H2,2-6H3. The van der Waals surface area contributed by atoms with Gasteiger partial charge in [-0.3, -0.25) is 0 Å². The lowest BCUT2D eigenvalue weighted by atomic mass is 10.1. The quantitative estimate of drug-likeness (QED) is 0.453. The highest BCUT2D eigenvalue weighted by Gasteiger charge is 2.36. The molecule has 1 aromatic rings. The molecule has 0 atom stereocenters. The Hall–Kier alpha value is -1.48. The van der Waals surface area contributed by atoms with Crippen LogP contribution in [0, 0.1) is 24.2 Å². The second-order valence-corrected chi connectivity index (χ2v) is 11.2. The Morgan fingerprint density at radius 3 is 2.30 bits per heavy atom. The van der Waals surface area contributed by atoms with Crippen LogP contribution in [0.5, 0.6) is 0 Å². The molecule has 0 heterocycles. The zero-order valence-electron chi connectivity index (χ0n) is 13.2. The van der Waals surface area contributed by atoms with Crippen LogP contribution in [-0.4, -0.2) is 14.9 Å². The molecular formula is C18H24OSi. The molecule has 1 nitrogen and oxygen atoms in total. The molecule has 0 bridgehead atoms. The molecule has 20 heavy (non-hydrogen) atoms. The average molecular weight is 284 g/mol. The van der Waals surface area contributed by atoms with Crippen LogP contribution in [0.1, 0.15) is 38.3 Å². The van der Waals surface area contributed by atoms with E-state index >= 15 is 0 Å². The molecule has 0 saturated carbocycles. The fraction of sp³-hybridized carbons (Fsp3) is 0.444. The summed E-state index contributed by atoms with van der Waals surface area (Å²) in [6.45, 7) is 11.9. The van der Waals surface area contributed by atoms with Gasteiger partial charge in [0.1, 0.15) is 0 Å². The number of benzene rings is 1. The van der Waals surface area contributed by atoms with Gasteiger partial charge in [-0.05, 0) is 30.3 Å². The molecule has 0 fully saturated rings. The second-order valence-electron chi connectivity index (χ2n) is 6.35. The maximum atomic E-state index is 6.08. The Labute approximate surface area is 124 Å². The third-order valence-electron chi connectivity index (χ3n) is 3.80. The Morgan fingerprint density at radius 1 is 1.15 bits per heavy atom. The highest BCUT2D eigenvalue weighted by atomic mass is 28.4. The summed E-state index contributed by atoms with van der Waals surface area (Å²) < 4.78 is 6.08. The van der Waals surface area contributed by atoms with Crippen molar-refractivity contribution in [2.24, 2.45) is 0 Å². The van der Waals surface area contributed by atoms with Crippen LogP contribution in [0.4, 0.5) is 0 Å². The molecule has 0 saturated heterocycles. The molecule has 106 valence electrons. The molecule has 0 aliphatic carbocycles. The predicted molar refractivity (Wildman–Crippen MR) is 89.0 cm³/mol. The van der Waals surface area contributed by atoms with Crippen molar-refractivity contribution in [3.63, 3.8) is 0 Å². The molecule has 1 rings (SSSR count). The average Bonchev–Trinajstić information content (AvgIpc) is 2.37. The molecular weight excluding hydrogens is 260 g/mol. The van der Waals surface area contributed by atoms with Crippen molar-refractivity contribution in [2.45, 2.75) is 45.3 Å². The van der Waals surface area contributed by atoms with Crippen LogP contribution < -0.4 is 0 Å². The van der Waals surface area contributed by atoms with Crippen molar-refractivity contribution in [3.8, 4) is 24.2 Å². The van der Waals surface area contributed by atoms with Gasteiger partial charge in [0.05, 0.1) is 0 Å². The van der Waals surface area contributed by atoms with E-state index in [0.717, 1.165) is 17.5 Å². The first-order chi connectivity index (χ1) is 9.28. The Kier molecular flexibility index (Phi) is 5.63. The summed E-state index contributed by atoms with van der Waals surface area (Å²) in [5.41, 5.74) is 1.77. The van der Waals surface area contributed by atoms with E-state index in [9.17, 15) is 0 Å². The van der Waals surface area contributed by atoms with E-state index in [1.165, 1.54) is 0 Å². The minimum atomic E-state index is -1.65. The molecule has 2 heteroatoms. The molecule has 0 N–H and O–H groups in total. The van der Waals surface area contributed by atoms with Crippen molar-refractivity contribution in [2.75, 3.05) is 6.61 Å². The van der Waals surface area contributed by atoms with Crippen molar-refractivity contribution < 1.29 is 4.43 Å².